The Kier molecular flexibility index (Phi) is 4.84. The van der Waals surface area contributed by atoms with Gasteiger partial charge in [0, 0.05) is 17.2 Å². The van der Waals surface area contributed by atoms with Gasteiger partial charge in [-0.3, -0.25) is 5.01 Å². The molecule has 0 spiro atoms. The summed E-state index contributed by atoms with van der Waals surface area (Å²) < 4.78 is 5.50. The maximum atomic E-state index is 6.42. The van der Waals surface area contributed by atoms with Crippen molar-refractivity contribution in [3.63, 3.8) is 0 Å². The Bertz CT molecular complexity index is 717. The summed E-state index contributed by atoms with van der Waals surface area (Å²) >= 11 is 6.42. The van der Waals surface area contributed by atoms with Crippen molar-refractivity contribution < 1.29 is 4.74 Å². The van der Waals surface area contributed by atoms with Crippen molar-refractivity contribution in [1.82, 2.24) is 0 Å². The third-order valence-corrected chi connectivity index (χ3v) is 4.35. The van der Waals surface area contributed by atoms with Crippen LogP contribution in [0.3, 0.4) is 0 Å². The van der Waals surface area contributed by atoms with Crippen molar-refractivity contribution in [3.05, 3.63) is 59.1 Å². The number of ether oxygens (including phenoxy) is 1. The Morgan fingerprint density at radius 2 is 1.96 bits per heavy atom. The molecule has 0 fully saturated rings. The predicted molar refractivity (Wildman–Crippen MR) is 95.4 cm³/mol. The lowest BCUT2D eigenvalue weighted by Gasteiger charge is -2.26. The summed E-state index contributed by atoms with van der Waals surface area (Å²) in [6.07, 6.45) is 1.60. The van der Waals surface area contributed by atoms with Crippen LogP contribution >= 0.6 is 11.6 Å². The Morgan fingerprint density at radius 1 is 1.22 bits per heavy atom. The first-order valence-corrected chi connectivity index (χ1v) is 8.05. The lowest BCUT2D eigenvalue weighted by Crippen LogP contribution is -2.19. The van der Waals surface area contributed by atoms with E-state index in [1.807, 2.05) is 47.5 Å². The van der Waals surface area contributed by atoms with Gasteiger partial charge in [0.05, 0.1) is 13.2 Å². The monoisotopic (exact) mass is 329 g/mol. The van der Waals surface area contributed by atoms with E-state index < -0.39 is 0 Å². The van der Waals surface area contributed by atoms with Gasteiger partial charge in [-0.25, -0.2) is 0 Å². The summed E-state index contributed by atoms with van der Waals surface area (Å²) in [4.78, 5) is 0. The number of hydrazone groups is 1. The fourth-order valence-corrected chi connectivity index (χ4v) is 3.18. The van der Waals surface area contributed by atoms with Gasteiger partial charge < -0.3 is 10.5 Å². The molecule has 1 unspecified atom stereocenters. The molecule has 0 aromatic heterocycles. The number of nitrogens with two attached hydrogens (primary N) is 1. The van der Waals surface area contributed by atoms with E-state index in [0.717, 1.165) is 40.6 Å². The Balaban J connectivity index is 2.04. The molecular formula is C18H20ClN3O. The minimum atomic E-state index is 0.0570. The number of hydrogen-bond acceptors (Lipinski definition) is 4. The zero-order valence-corrected chi connectivity index (χ0v) is 13.8. The standard InChI is InChI=1S/C18H20ClN3O/c1-23-18-9-5-4-8-16(18)22-17(12-13(21-22)10-11-20)14-6-2-3-7-15(14)19/h2-9,17H,10-12,20H2,1H3. The van der Waals surface area contributed by atoms with Gasteiger partial charge in [0.15, 0.2) is 0 Å². The van der Waals surface area contributed by atoms with Crippen molar-refractivity contribution in [1.29, 1.82) is 0 Å². The fraction of sp³-hybridized carbons (Fsp3) is 0.278. The van der Waals surface area contributed by atoms with Crippen molar-refractivity contribution in [2.24, 2.45) is 10.8 Å². The highest BCUT2D eigenvalue weighted by Gasteiger charge is 2.31. The van der Waals surface area contributed by atoms with E-state index in [1.165, 1.54) is 0 Å². The van der Waals surface area contributed by atoms with Crippen LogP contribution in [0.4, 0.5) is 5.69 Å². The lowest BCUT2D eigenvalue weighted by molar-refractivity contribution is 0.413. The quantitative estimate of drug-likeness (QED) is 0.901. The number of benzene rings is 2. The molecule has 0 bridgehead atoms. The molecule has 1 aliphatic rings. The van der Waals surface area contributed by atoms with Crippen LogP contribution in [0.15, 0.2) is 53.6 Å². The molecule has 1 heterocycles. The molecule has 0 amide bonds. The van der Waals surface area contributed by atoms with E-state index in [-0.39, 0.29) is 6.04 Å². The van der Waals surface area contributed by atoms with E-state index in [1.54, 1.807) is 7.11 Å². The summed E-state index contributed by atoms with van der Waals surface area (Å²) in [5.41, 5.74) is 8.80. The molecule has 0 radical (unpaired) electrons. The molecule has 120 valence electrons. The van der Waals surface area contributed by atoms with Gasteiger partial charge in [-0.1, -0.05) is 41.9 Å². The number of halogens is 1. The smallest absolute Gasteiger partial charge is 0.144 e. The number of nitrogens with zero attached hydrogens (tertiary/aromatic N) is 2. The van der Waals surface area contributed by atoms with Gasteiger partial charge in [-0.05, 0) is 36.7 Å². The van der Waals surface area contributed by atoms with Crippen LogP contribution in [0.25, 0.3) is 0 Å². The molecule has 1 aliphatic heterocycles. The number of methoxy groups -OCH3 is 1. The minimum Gasteiger partial charge on any atom is -0.495 e. The van der Waals surface area contributed by atoms with Crippen molar-refractivity contribution in [2.75, 3.05) is 18.7 Å². The molecular weight excluding hydrogens is 310 g/mol. The number of rotatable bonds is 5. The second kappa shape index (κ2) is 7.02. The normalized spacial score (nSPS) is 17.3. The zero-order valence-electron chi connectivity index (χ0n) is 13.1. The highest BCUT2D eigenvalue weighted by Crippen LogP contribution is 2.41. The minimum absolute atomic E-state index is 0.0570. The summed E-state index contributed by atoms with van der Waals surface area (Å²) in [5, 5.41) is 7.54. The second-order valence-electron chi connectivity index (χ2n) is 5.46. The maximum absolute atomic E-state index is 6.42. The average molecular weight is 330 g/mol. The molecule has 0 aliphatic carbocycles. The summed E-state index contributed by atoms with van der Waals surface area (Å²) in [7, 11) is 1.67. The van der Waals surface area contributed by atoms with Crippen LogP contribution in [-0.2, 0) is 0 Å². The first kappa shape index (κ1) is 15.8. The van der Waals surface area contributed by atoms with Gasteiger partial charge in [0.1, 0.15) is 11.4 Å². The maximum Gasteiger partial charge on any atom is 0.144 e. The van der Waals surface area contributed by atoms with Crippen LogP contribution in [0.1, 0.15) is 24.4 Å². The fourth-order valence-electron chi connectivity index (χ4n) is 2.92. The molecule has 23 heavy (non-hydrogen) atoms. The third kappa shape index (κ3) is 3.19. The van der Waals surface area contributed by atoms with E-state index in [9.17, 15) is 0 Å². The van der Waals surface area contributed by atoms with E-state index >= 15 is 0 Å². The average Bonchev–Trinajstić information content (AvgIpc) is 2.99. The summed E-state index contributed by atoms with van der Waals surface area (Å²) in [5.74, 6) is 0.794. The van der Waals surface area contributed by atoms with Gasteiger partial charge in [-0.2, -0.15) is 5.10 Å². The molecule has 2 aromatic carbocycles. The topological polar surface area (TPSA) is 50.8 Å². The van der Waals surface area contributed by atoms with Crippen molar-refractivity contribution in [2.45, 2.75) is 18.9 Å². The largest absolute Gasteiger partial charge is 0.495 e. The van der Waals surface area contributed by atoms with Crippen LogP contribution < -0.4 is 15.5 Å². The van der Waals surface area contributed by atoms with Gasteiger partial charge in [0.2, 0.25) is 0 Å². The molecule has 3 rings (SSSR count). The molecule has 0 saturated carbocycles. The van der Waals surface area contributed by atoms with E-state index in [0.29, 0.717) is 6.54 Å². The molecule has 2 N–H and O–H groups in total. The van der Waals surface area contributed by atoms with E-state index in [4.69, 9.17) is 27.2 Å². The number of para-hydroxylation sites is 2. The van der Waals surface area contributed by atoms with Crippen molar-refractivity contribution in [3.8, 4) is 5.75 Å². The zero-order chi connectivity index (χ0) is 16.2. The van der Waals surface area contributed by atoms with Crippen molar-refractivity contribution >= 4 is 23.0 Å². The first-order chi connectivity index (χ1) is 11.2. The highest BCUT2D eigenvalue weighted by molar-refractivity contribution is 6.31. The second-order valence-corrected chi connectivity index (χ2v) is 5.87. The molecule has 2 aromatic rings. The highest BCUT2D eigenvalue weighted by atomic mass is 35.5. The molecule has 4 nitrogen and oxygen atoms in total. The van der Waals surface area contributed by atoms with Gasteiger partial charge >= 0.3 is 0 Å². The molecule has 5 heteroatoms. The number of anilines is 1. The van der Waals surface area contributed by atoms with Crippen LogP contribution in [0.5, 0.6) is 5.75 Å². The van der Waals surface area contributed by atoms with Gasteiger partial charge in [-0.15, -0.1) is 0 Å². The lowest BCUT2D eigenvalue weighted by atomic mass is 10.00. The van der Waals surface area contributed by atoms with Crippen LogP contribution in [0, 0.1) is 0 Å². The Hall–Kier alpha value is -2.04. The van der Waals surface area contributed by atoms with Crippen LogP contribution in [-0.4, -0.2) is 19.4 Å². The third-order valence-electron chi connectivity index (χ3n) is 4.00. The predicted octanol–water partition coefficient (Wildman–Crippen LogP) is 4.00. The SMILES string of the molecule is COc1ccccc1N1N=C(CCN)CC1c1ccccc1Cl. The molecule has 0 saturated heterocycles. The molecule has 1 atom stereocenters. The Morgan fingerprint density at radius 3 is 2.70 bits per heavy atom. The summed E-state index contributed by atoms with van der Waals surface area (Å²) in [6.45, 7) is 0.591. The number of hydrogen-bond donors (Lipinski definition) is 1. The van der Waals surface area contributed by atoms with E-state index in [2.05, 4.69) is 6.07 Å². The van der Waals surface area contributed by atoms with Crippen LogP contribution in [0.2, 0.25) is 5.02 Å². The van der Waals surface area contributed by atoms with Gasteiger partial charge in [0.25, 0.3) is 0 Å². The summed E-state index contributed by atoms with van der Waals surface area (Å²) in [6, 6.07) is 15.9. The Labute approximate surface area is 141 Å². The first-order valence-electron chi connectivity index (χ1n) is 7.67.